The minimum absolute atomic E-state index is 0.129. The molecular formula is C13H12N4OS. The van der Waals surface area contributed by atoms with Crippen molar-refractivity contribution in [2.75, 3.05) is 11.9 Å². The van der Waals surface area contributed by atoms with Crippen LogP contribution in [0.3, 0.4) is 0 Å². The quantitative estimate of drug-likeness (QED) is 0.920. The van der Waals surface area contributed by atoms with Gasteiger partial charge in [-0.25, -0.2) is 0 Å². The van der Waals surface area contributed by atoms with E-state index in [0.29, 0.717) is 10.4 Å². The number of benzene rings is 1. The van der Waals surface area contributed by atoms with Crippen LogP contribution in [0.5, 0.6) is 0 Å². The molecular weight excluding hydrogens is 260 g/mol. The number of aryl methyl sites for hydroxylation is 1. The van der Waals surface area contributed by atoms with Gasteiger partial charge in [-0.05, 0) is 24.3 Å². The van der Waals surface area contributed by atoms with E-state index in [1.54, 1.807) is 28.8 Å². The zero-order valence-corrected chi connectivity index (χ0v) is 11.1. The molecule has 0 aliphatic carbocycles. The van der Waals surface area contributed by atoms with Crippen LogP contribution in [0.1, 0.15) is 5.56 Å². The first kappa shape index (κ1) is 13.1. The topological polar surface area (TPSA) is 70.2 Å². The fourth-order valence-corrected chi connectivity index (χ4v) is 2.17. The van der Waals surface area contributed by atoms with E-state index in [4.69, 9.17) is 5.26 Å². The molecule has 0 aliphatic rings. The lowest BCUT2D eigenvalue weighted by atomic mass is 10.2. The van der Waals surface area contributed by atoms with Gasteiger partial charge in [0, 0.05) is 24.3 Å². The third kappa shape index (κ3) is 3.53. The van der Waals surface area contributed by atoms with E-state index in [1.807, 2.05) is 24.7 Å². The zero-order valence-electron chi connectivity index (χ0n) is 10.3. The van der Waals surface area contributed by atoms with Crippen molar-refractivity contribution in [3.05, 3.63) is 46.2 Å². The summed E-state index contributed by atoms with van der Waals surface area (Å²) in [7, 11) is 1.84. The van der Waals surface area contributed by atoms with E-state index >= 15 is 0 Å². The first-order valence-electron chi connectivity index (χ1n) is 5.61. The lowest BCUT2D eigenvalue weighted by molar-refractivity contribution is -0.116. The van der Waals surface area contributed by atoms with Gasteiger partial charge in [-0.1, -0.05) is 0 Å². The molecule has 0 saturated carbocycles. The van der Waals surface area contributed by atoms with Crippen molar-refractivity contribution in [1.29, 1.82) is 5.26 Å². The zero-order chi connectivity index (χ0) is 13.7. The number of amides is 1. The second-order valence-corrected chi connectivity index (χ2v) is 4.72. The number of nitrogens with zero attached hydrogens (tertiary/aromatic N) is 3. The molecule has 1 N–H and O–H groups in total. The van der Waals surface area contributed by atoms with Crippen LogP contribution >= 0.6 is 11.3 Å². The summed E-state index contributed by atoms with van der Waals surface area (Å²) in [5.41, 5.74) is 1.38. The Balaban J connectivity index is 1.97. The van der Waals surface area contributed by atoms with Crippen molar-refractivity contribution in [1.82, 2.24) is 4.57 Å². The molecule has 1 amide bonds. The Morgan fingerprint density at radius 3 is 2.79 bits per heavy atom. The van der Waals surface area contributed by atoms with Gasteiger partial charge in [0.2, 0.25) is 0 Å². The molecule has 0 atom stereocenters. The first-order valence-corrected chi connectivity index (χ1v) is 6.49. The molecule has 2 aromatic rings. The maximum atomic E-state index is 11.7. The van der Waals surface area contributed by atoms with Gasteiger partial charge in [0.1, 0.15) is 0 Å². The number of anilines is 1. The molecule has 0 spiro atoms. The number of carbonyl (C=O) groups is 1. The number of aromatic nitrogens is 1. The van der Waals surface area contributed by atoms with Gasteiger partial charge in [0.15, 0.2) is 4.80 Å². The number of nitrogens with one attached hydrogen (secondary N) is 1. The maximum Gasteiger partial charge on any atom is 0.267 e. The number of hydrogen-bond donors (Lipinski definition) is 1. The van der Waals surface area contributed by atoms with Crippen molar-refractivity contribution in [3.8, 4) is 6.07 Å². The standard InChI is InChI=1S/C13H12N4OS/c1-17-6-7-19-13(17)16-12(18)9-15-11-4-2-10(8-14)3-5-11/h2-7,15H,9H2,1H3. The Hall–Kier alpha value is -2.39. The van der Waals surface area contributed by atoms with Gasteiger partial charge in [0.05, 0.1) is 18.2 Å². The van der Waals surface area contributed by atoms with Crippen molar-refractivity contribution < 1.29 is 4.79 Å². The molecule has 1 aromatic carbocycles. The Kier molecular flexibility index (Phi) is 4.11. The van der Waals surface area contributed by atoms with Crippen molar-refractivity contribution in [2.45, 2.75) is 0 Å². The third-order valence-corrected chi connectivity index (χ3v) is 3.29. The largest absolute Gasteiger partial charge is 0.376 e. The molecule has 0 bridgehead atoms. The molecule has 0 unspecified atom stereocenters. The van der Waals surface area contributed by atoms with Crippen LogP contribution < -0.4 is 10.1 Å². The van der Waals surface area contributed by atoms with Crippen molar-refractivity contribution in [3.63, 3.8) is 0 Å². The van der Waals surface area contributed by atoms with E-state index in [0.717, 1.165) is 5.69 Å². The average Bonchev–Trinajstić information content (AvgIpc) is 2.82. The summed E-state index contributed by atoms with van der Waals surface area (Å²) in [4.78, 5) is 16.3. The van der Waals surface area contributed by atoms with Crippen LogP contribution in [0.4, 0.5) is 5.69 Å². The molecule has 19 heavy (non-hydrogen) atoms. The number of hydrogen-bond acceptors (Lipinski definition) is 4. The molecule has 96 valence electrons. The fraction of sp³-hybridized carbons (Fsp3) is 0.154. The number of carbonyl (C=O) groups excluding carboxylic acids is 1. The summed E-state index contributed by atoms with van der Waals surface area (Å²) in [5.74, 6) is -0.234. The summed E-state index contributed by atoms with van der Waals surface area (Å²) in [5, 5.41) is 13.5. The SMILES string of the molecule is Cn1ccsc1=NC(=O)CNc1ccc(C#N)cc1. The van der Waals surface area contributed by atoms with Gasteiger partial charge in [0.25, 0.3) is 5.91 Å². The Labute approximate surface area is 114 Å². The number of thiazole rings is 1. The van der Waals surface area contributed by atoms with Gasteiger partial charge >= 0.3 is 0 Å². The van der Waals surface area contributed by atoms with Crippen LogP contribution in [0, 0.1) is 11.3 Å². The molecule has 0 fully saturated rings. The van der Waals surface area contributed by atoms with E-state index in [-0.39, 0.29) is 12.5 Å². The molecule has 1 heterocycles. The summed E-state index contributed by atoms with van der Waals surface area (Å²) in [6, 6.07) is 8.96. The van der Waals surface area contributed by atoms with E-state index in [9.17, 15) is 4.79 Å². The monoisotopic (exact) mass is 272 g/mol. The minimum atomic E-state index is -0.234. The molecule has 2 rings (SSSR count). The Morgan fingerprint density at radius 1 is 1.47 bits per heavy atom. The van der Waals surface area contributed by atoms with Gasteiger partial charge in [-0.15, -0.1) is 11.3 Å². The fourth-order valence-electron chi connectivity index (χ4n) is 1.42. The van der Waals surface area contributed by atoms with Gasteiger partial charge in [-0.3, -0.25) is 4.79 Å². The molecule has 0 saturated heterocycles. The summed E-state index contributed by atoms with van der Waals surface area (Å²) in [6.45, 7) is 0.129. The van der Waals surface area contributed by atoms with Crippen LogP contribution in [0.15, 0.2) is 40.8 Å². The van der Waals surface area contributed by atoms with Crippen molar-refractivity contribution in [2.24, 2.45) is 12.0 Å². The smallest absolute Gasteiger partial charge is 0.267 e. The molecule has 6 heteroatoms. The molecule has 0 radical (unpaired) electrons. The first-order chi connectivity index (χ1) is 9.19. The highest BCUT2D eigenvalue weighted by atomic mass is 32.1. The van der Waals surface area contributed by atoms with Crippen LogP contribution in [0.25, 0.3) is 0 Å². The summed E-state index contributed by atoms with van der Waals surface area (Å²) >= 11 is 1.42. The highest BCUT2D eigenvalue weighted by molar-refractivity contribution is 7.07. The van der Waals surface area contributed by atoms with E-state index < -0.39 is 0 Å². The molecule has 5 nitrogen and oxygen atoms in total. The lowest BCUT2D eigenvalue weighted by Crippen LogP contribution is -2.17. The third-order valence-electron chi connectivity index (χ3n) is 2.44. The Bertz CT molecular complexity index is 676. The second-order valence-electron chi connectivity index (χ2n) is 3.84. The average molecular weight is 272 g/mol. The Morgan fingerprint density at radius 2 is 2.21 bits per heavy atom. The van der Waals surface area contributed by atoms with Crippen molar-refractivity contribution >= 4 is 22.9 Å². The predicted octanol–water partition coefficient (Wildman–Crippen LogP) is 1.50. The summed E-state index contributed by atoms with van der Waals surface area (Å²) < 4.78 is 1.80. The minimum Gasteiger partial charge on any atom is -0.376 e. The normalized spacial score (nSPS) is 11.1. The van der Waals surface area contributed by atoms with E-state index in [1.165, 1.54) is 11.3 Å². The van der Waals surface area contributed by atoms with Crippen LogP contribution in [0.2, 0.25) is 0 Å². The second kappa shape index (κ2) is 5.98. The van der Waals surface area contributed by atoms with E-state index in [2.05, 4.69) is 10.3 Å². The predicted molar refractivity (Wildman–Crippen MR) is 73.5 cm³/mol. The summed E-state index contributed by atoms with van der Waals surface area (Å²) in [6.07, 6.45) is 1.85. The lowest BCUT2D eigenvalue weighted by Gasteiger charge is -2.02. The van der Waals surface area contributed by atoms with Gasteiger partial charge in [-0.2, -0.15) is 10.3 Å². The van der Waals surface area contributed by atoms with Gasteiger partial charge < -0.3 is 9.88 Å². The van der Waals surface area contributed by atoms with Crippen LogP contribution in [-0.2, 0) is 11.8 Å². The maximum absolute atomic E-state index is 11.7. The van der Waals surface area contributed by atoms with Crippen LogP contribution in [-0.4, -0.2) is 17.0 Å². The number of rotatable bonds is 3. The molecule has 1 aromatic heterocycles. The molecule has 0 aliphatic heterocycles. The highest BCUT2D eigenvalue weighted by Crippen LogP contribution is 2.08. The number of nitriles is 1. The highest BCUT2D eigenvalue weighted by Gasteiger charge is 2.00.